The molecular weight excluding hydrogens is 937 g/mol. The minimum absolute atomic E-state index is 0.105. The van der Waals surface area contributed by atoms with Gasteiger partial charge in [0.05, 0.1) is 19.8 Å². The molecule has 0 aromatic rings. The van der Waals surface area contributed by atoms with Crippen LogP contribution in [-0.2, 0) is 38.0 Å². The fourth-order valence-corrected chi connectivity index (χ4v) is 9.38. The molecule has 0 amide bonds. The van der Waals surface area contributed by atoms with E-state index < -0.39 is 99.3 Å². The first-order valence-electron chi connectivity index (χ1n) is 29.4. The zero-order chi connectivity index (χ0) is 53.2. The summed E-state index contributed by atoms with van der Waals surface area (Å²) in [5.74, 6) is -0.965. The number of hydrogen-bond acceptors (Lipinski definition) is 15. The molecule has 0 aromatic heterocycles. The lowest BCUT2D eigenvalue weighted by Crippen LogP contribution is -2.61. The molecule has 0 aromatic carbocycles. The van der Waals surface area contributed by atoms with Crippen LogP contribution in [0.25, 0.3) is 0 Å². The van der Waals surface area contributed by atoms with Crippen LogP contribution >= 0.6 is 0 Å². The van der Waals surface area contributed by atoms with Crippen molar-refractivity contribution in [1.29, 1.82) is 0 Å². The Bertz CT molecular complexity index is 1360. The molecule has 2 aliphatic heterocycles. The molecule has 4 unspecified atom stereocenters. The predicted octanol–water partition coefficient (Wildman–Crippen LogP) is 9.89. The summed E-state index contributed by atoms with van der Waals surface area (Å²) in [6, 6.07) is 0. The highest BCUT2D eigenvalue weighted by Crippen LogP contribution is 2.27. The van der Waals surface area contributed by atoms with Crippen LogP contribution in [0.15, 0.2) is 24.3 Å². The molecule has 2 fully saturated rings. The third-order valence-corrected chi connectivity index (χ3v) is 14.2. The number of rotatable bonds is 47. The maximum Gasteiger partial charge on any atom is 0.306 e. The highest BCUT2D eigenvalue weighted by atomic mass is 16.7. The molecule has 428 valence electrons. The molecule has 0 radical (unpaired) electrons. The van der Waals surface area contributed by atoms with Gasteiger partial charge in [-0.1, -0.05) is 212 Å². The maximum absolute atomic E-state index is 13.0. The third-order valence-electron chi connectivity index (χ3n) is 14.2. The van der Waals surface area contributed by atoms with Gasteiger partial charge in [0.2, 0.25) is 0 Å². The standard InChI is InChI=1S/C58H106O15/c1-3-5-7-9-11-13-15-17-19-21-22-23-25-26-28-30-32-34-36-38-40-49(60)68-43-46(71-50(61)41-39-37-35-33-31-29-27-24-20-18-16-14-12-10-8-6-4-2)44-69-57-56(67)54(65)52(63)48(73-57)45-70-58-55(66)53(64)51(62)47(42-59)72-58/h27,29,33,35,46-48,51-59,62-67H,3-26,28,30-32,34,36-45H2,1-2H3/b29-27+,35-33+/t46-,47+,48+,51-,52-,53?,54?,55?,56?,57+,58+/m0/s1. The van der Waals surface area contributed by atoms with Crippen LogP contribution in [0.1, 0.15) is 239 Å². The molecule has 15 nitrogen and oxygen atoms in total. The number of esters is 2. The first-order chi connectivity index (χ1) is 35.5. The van der Waals surface area contributed by atoms with Crippen molar-refractivity contribution < 1.29 is 73.8 Å². The second kappa shape index (κ2) is 45.0. The van der Waals surface area contributed by atoms with Gasteiger partial charge in [-0.05, 0) is 38.5 Å². The maximum atomic E-state index is 13.0. The molecule has 2 rings (SSSR count). The molecule has 0 spiro atoms. The Labute approximate surface area is 441 Å². The highest BCUT2D eigenvalue weighted by molar-refractivity contribution is 5.70. The van der Waals surface area contributed by atoms with Crippen LogP contribution in [0.3, 0.4) is 0 Å². The van der Waals surface area contributed by atoms with E-state index >= 15 is 0 Å². The van der Waals surface area contributed by atoms with E-state index in [1.807, 2.05) is 6.08 Å². The minimum atomic E-state index is -1.77. The zero-order valence-corrected chi connectivity index (χ0v) is 45.6. The molecule has 11 atom stereocenters. The van der Waals surface area contributed by atoms with Crippen molar-refractivity contribution in [2.24, 2.45) is 0 Å². The summed E-state index contributed by atoms with van der Waals surface area (Å²) in [5, 5.41) is 72.3. The summed E-state index contributed by atoms with van der Waals surface area (Å²) in [6.45, 7) is 2.59. The van der Waals surface area contributed by atoms with Crippen molar-refractivity contribution in [3.63, 3.8) is 0 Å². The fourth-order valence-electron chi connectivity index (χ4n) is 9.38. The number of aliphatic hydroxyl groups excluding tert-OH is 7. The molecule has 2 aliphatic rings. The number of aliphatic hydroxyl groups is 7. The van der Waals surface area contributed by atoms with Gasteiger partial charge in [0.1, 0.15) is 55.4 Å². The van der Waals surface area contributed by atoms with E-state index in [1.165, 1.54) is 161 Å². The van der Waals surface area contributed by atoms with Crippen LogP contribution < -0.4 is 0 Å². The molecule has 15 heteroatoms. The summed E-state index contributed by atoms with van der Waals surface area (Å²) in [5.41, 5.74) is 0. The number of ether oxygens (including phenoxy) is 6. The minimum Gasteiger partial charge on any atom is -0.462 e. The van der Waals surface area contributed by atoms with Gasteiger partial charge in [-0.15, -0.1) is 0 Å². The number of hydrogen-bond donors (Lipinski definition) is 7. The van der Waals surface area contributed by atoms with Gasteiger partial charge in [0.15, 0.2) is 18.7 Å². The average Bonchev–Trinajstić information content (AvgIpc) is 3.38. The Morgan fingerprint density at radius 1 is 0.438 bits per heavy atom. The lowest BCUT2D eigenvalue weighted by Gasteiger charge is -2.42. The zero-order valence-electron chi connectivity index (χ0n) is 45.6. The molecule has 0 aliphatic carbocycles. The van der Waals surface area contributed by atoms with E-state index in [2.05, 4.69) is 32.1 Å². The fraction of sp³-hybridized carbons (Fsp3) is 0.897. The molecule has 2 heterocycles. The SMILES string of the molecule is CCCCCCCCCCC/C=C/C/C=C/CCCC(=O)O[C@@H](COC(=O)CCCCCCCCCCCCCCCCCCCCCC)CO[C@@H]1O[C@H](CO[C@@H]2O[C@H](CO)[C@H](O)C(O)C2O)[C@H](O)C(O)C1O. The van der Waals surface area contributed by atoms with E-state index in [9.17, 15) is 45.3 Å². The van der Waals surface area contributed by atoms with E-state index in [4.69, 9.17) is 28.4 Å². The largest absolute Gasteiger partial charge is 0.462 e. The lowest BCUT2D eigenvalue weighted by molar-refractivity contribution is -0.332. The molecule has 0 bridgehead atoms. The molecule has 2 saturated heterocycles. The van der Waals surface area contributed by atoms with Crippen LogP contribution in [0.5, 0.6) is 0 Å². The molecule has 7 N–H and O–H groups in total. The van der Waals surface area contributed by atoms with Crippen LogP contribution in [0.4, 0.5) is 0 Å². The Morgan fingerprint density at radius 3 is 1.32 bits per heavy atom. The van der Waals surface area contributed by atoms with Crippen molar-refractivity contribution in [3.8, 4) is 0 Å². The van der Waals surface area contributed by atoms with E-state index in [0.29, 0.717) is 19.3 Å². The smallest absolute Gasteiger partial charge is 0.306 e. The van der Waals surface area contributed by atoms with Crippen molar-refractivity contribution >= 4 is 11.9 Å². The Kier molecular flexibility index (Phi) is 41.4. The second-order valence-electron chi connectivity index (χ2n) is 20.8. The quantitative estimate of drug-likeness (QED) is 0.0171. The second-order valence-corrected chi connectivity index (χ2v) is 20.8. The monoisotopic (exact) mass is 1040 g/mol. The topological polar surface area (TPSA) is 231 Å². The van der Waals surface area contributed by atoms with Gasteiger partial charge in [-0.3, -0.25) is 9.59 Å². The number of allylic oxidation sites excluding steroid dienone is 4. The first-order valence-corrected chi connectivity index (χ1v) is 29.4. The summed E-state index contributed by atoms with van der Waals surface area (Å²) < 4.78 is 33.6. The van der Waals surface area contributed by atoms with Crippen LogP contribution in [0, 0.1) is 0 Å². The number of carbonyl (C=O) groups is 2. The van der Waals surface area contributed by atoms with Crippen molar-refractivity contribution in [3.05, 3.63) is 24.3 Å². The van der Waals surface area contributed by atoms with E-state index in [0.717, 1.165) is 32.1 Å². The predicted molar refractivity (Wildman–Crippen MR) is 284 cm³/mol. The lowest BCUT2D eigenvalue weighted by atomic mass is 9.98. The van der Waals surface area contributed by atoms with Gasteiger partial charge in [0.25, 0.3) is 0 Å². The molecule has 73 heavy (non-hydrogen) atoms. The third kappa shape index (κ3) is 32.4. The van der Waals surface area contributed by atoms with Gasteiger partial charge >= 0.3 is 11.9 Å². The number of unbranched alkanes of at least 4 members (excludes halogenated alkanes) is 29. The number of carbonyl (C=O) groups excluding carboxylic acids is 2. The highest BCUT2D eigenvalue weighted by Gasteiger charge is 2.47. The van der Waals surface area contributed by atoms with E-state index in [-0.39, 0.29) is 19.4 Å². The summed E-state index contributed by atoms with van der Waals surface area (Å²) >= 11 is 0. The first kappa shape index (κ1) is 67.1. The normalized spacial score (nSPS) is 24.9. The molecular formula is C58H106O15. The average molecular weight is 1040 g/mol. The van der Waals surface area contributed by atoms with Gasteiger partial charge < -0.3 is 64.2 Å². The van der Waals surface area contributed by atoms with Crippen molar-refractivity contribution in [1.82, 2.24) is 0 Å². The summed E-state index contributed by atoms with van der Waals surface area (Å²) in [6.07, 6.45) is 32.1. The van der Waals surface area contributed by atoms with Gasteiger partial charge in [-0.25, -0.2) is 0 Å². The van der Waals surface area contributed by atoms with Crippen molar-refractivity contribution in [2.75, 3.05) is 26.4 Å². The summed E-state index contributed by atoms with van der Waals surface area (Å²) in [4.78, 5) is 25.9. The van der Waals surface area contributed by atoms with Crippen LogP contribution in [0.2, 0.25) is 0 Å². The van der Waals surface area contributed by atoms with Gasteiger partial charge in [-0.2, -0.15) is 0 Å². The Balaban J connectivity index is 1.76. The Hall–Kier alpha value is -2.02. The van der Waals surface area contributed by atoms with Crippen LogP contribution in [-0.4, -0.2) is 142 Å². The van der Waals surface area contributed by atoms with Gasteiger partial charge in [0, 0.05) is 12.8 Å². The van der Waals surface area contributed by atoms with Crippen molar-refractivity contribution in [2.45, 2.75) is 306 Å². The Morgan fingerprint density at radius 2 is 0.836 bits per heavy atom. The summed E-state index contributed by atoms with van der Waals surface area (Å²) in [7, 11) is 0. The van der Waals surface area contributed by atoms with E-state index in [1.54, 1.807) is 0 Å². The molecule has 0 saturated carbocycles.